The second-order valence-electron chi connectivity index (χ2n) is 10.4. The van der Waals surface area contributed by atoms with Crippen molar-refractivity contribution in [3.05, 3.63) is 66.2 Å². The van der Waals surface area contributed by atoms with E-state index in [1.165, 1.54) is 0 Å². The Labute approximate surface area is 178 Å². The number of benzene rings is 2. The zero-order chi connectivity index (χ0) is 21.8. The zero-order valence-corrected chi connectivity index (χ0v) is 20.5. The van der Waals surface area contributed by atoms with Gasteiger partial charge in [-0.2, -0.15) is 0 Å². The average molecular weight is 437 g/mol. The summed E-state index contributed by atoms with van der Waals surface area (Å²) in [6.07, 6.45) is 3.50. The summed E-state index contributed by atoms with van der Waals surface area (Å²) in [7, 11) is -3.82. The molecular formula is C24H37O3PS. The van der Waals surface area contributed by atoms with E-state index in [4.69, 9.17) is 3.97 Å². The van der Waals surface area contributed by atoms with Crippen molar-refractivity contribution in [2.24, 2.45) is 11.3 Å². The fourth-order valence-electron chi connectivity index (χ4n) is 4.03. The van der Waals surface area contributed by atoms with E-state index >= 15 is 0 Å². The van der Waals surface area contributed by atoms with Crippen LogP contribution >= 0.6 is 6.83 Å². The first-order valence-electron chi connectivity index (χ1n) is 10.3. The molecule has 0 heterocycles. The first kappa shape index (κ1) is 24.1. The third-order valence-corrected chi connectivity index (χ3v) is 11.9. The van der Waals surface area contributed by atoms with Crippen molar-refractivity contribution in [2.45, 2.75) is 51.6 Å². The normalized spacial score (nSPS) is 15.4. The second-order valence-corrected chi connectivity index (χ2v) is 18.3. The standard InChI is InChI=1S/C24H37O3PS/c1-21(19-24(2,3)4)17-18-28(5,6,20-22-13-9-7-10-14-22)27-29(25,26)23-15-11-8-12-16-23/h7-16,21H,17-20H2,1-6H3. The van der Waals surface area contributed by atoms with E-state index in [1.807, 2.05) is 24.3 Å². The fraction of sp³-hybridized carbons (Fsp3) is 0.500. The van der Waals surface area contributed by atoms with Gasteiger partial charge in [0.25, 0.3) is 0 Å². The van der Waals surface area contributed by atoms with Crippen LogP contribution in [-0.4, -0.2) is 27.9 Å². The van der Waals surface area contributed by atoms with Gasteiger partial charge in [-0.3, -0.25) is 0 Å². The van der Waals surface area contributed by atoms with E-state index in [-0.39, 0.29) is 10.3 Å². The van der Waals surface area contributed by atoms with Crippen LogP contribution in [0.15, 0.2) is 65.6 Å². The maximum absolute atomic E-state index is 13.1. The molecule has 1 unspecified atom stereocenters. The Morgan fingerprint density at radius 3 is 1.97 bits per heavy atom. The predicted molar refractivity (Wildman–Crippen MR) is 126 cm³/mol. The van der Waals surface area contributed by atoms with E-state index in [1.54, 1.807) is 24.3 Å². The van der Waals surface area contributed by atoms with Gasteiger partial charge in [0.15, 0.2) is 0 Å². The molecule has 1 atom stereocenters. The van der Waals surface area contributed by atoms with Crippen molar-refractivity contribution in [1.29, 1.82) is 0 Å². The first-order chi connectivity index (χ1) is 13.3. The summed E-state index contributed by atoms with van der Waals surface area (Å²) in [5.41, 5.74) is 1.38. The summed E-state index contributed by atoms with van der Waals surface area (Å²) in [4.78, 5) is 0.230. The molecule has 5 heteroatoms. The van der Waals surface area contributed by atoms with Gasteiger partial charge < -0.3 is 0 Å². The SMILES string of the molecule is CC(CCP(C)(C)(Cc1ccccc1)OS(=O)(=O)c1ccccc1)CC(C)(C)C. The van der Waals surface area contributed by atoms with Crippen molar-refractivity contribution < 1.29 is 12.4 Å². The molecule has 0 amide bonds. The topological polar surface area (TPSA) is 43.4 Å². The summed E-state index contributed by atoms with van der Waals surface area (Å²) < 4.78 is 32.4. The van der Waals surface area contributed by atoms with Crippen LogP contribution < -0.4 is 0 Å². The molecular weight excluding hydrogens is 399 g/mol. The van der Waals surface area contributed by atoms with Crippen molar-refractivity contribution >= 4 is 16.9 Å². The van der Waals surface area contributed by atoms with Gasteiger partial charge in [-0.25, -0.2) is 0 Å². The van der Waals surface area contributed by atoms with Gasteiger partial charge in [-0.05, 0) is 0 Å². The van der Waals surface area contributed by atoms with Gasteiger partial charge in [0.2, 0.25) is 0 Å². The van der Waals surface area contributed by atoms with Crippen molar-refractivity contribution in [2.75, 3.05) is 19.5 Å². The Bertz CT molecular complexity index is 885. The molecule has 0 aliphatic heterocycles. The quantitative estimate of drug-likeness (QED) is 0.407. The Hall–Kier alpha value is -1.22. The molecule has 2 aromatic rings. The molecule has 0 aromatic heterocycles. The van der Waals surface area contributed by atoms with Crippen molar-refractivity contribution in [1.82, 2.24) is 0 Å². The Kier molecular flexibility index (Phi) is 7.36. The summed E-state index contributed by atoms with van der Waals surface area (Å²) in [5.74, 6) is 0.509. The number of rotatable bonds is 9. The van der Waals surface area contributed by atoms with E-state index < -0.39 is 16.9 Å². The zero-order valence-electron chi connectivity index (χ0n) is 18.8. The molecule has 3 nitrogen and oxygen atoms in total. The van der Waals surface area contributed by atoms with Crippen LogP contribution in [0.5, 0.6) is 0 Å². The minimum absolute atomic E-state index is 0.230. The minimum atomic E-state index is -3.82. The average Bonchev–Trinajstić information content (AvgIpc) is 2.59. The van der Waals surface area contributed by atoms with E-state index in [0.717, 1.165) is 24.6 Å². The fourth-order valence-corrected chi connectivity index (χ4v) is 10.8. The van der Waals surface area contributed by atoms with E-state index in [2.05, 4.69) is 53.2 Å². The summed E-state index contributed by atoms with van der Waals surface area (Å²) in [6, 6.07) is 18.6. The molecule has 0 fully saturated rings. The Balaban J connectivity index is 2.32. The second kappa shape index (κ2) is 8.88. The molecule has 162 valence electrons. The first-order valence-corrected chi connectivity index (χ1v) is 15.2. The predicted octanol–water partition coefficient (Wildman–Crippen LogP) is 6.78. The molecule has 29 heavy (non-hydrogen) atoms. The van der Waals surface area contributed by atoms with Gasteiger partial charge in [-0.15, -0.1) is 0 Å². The van der Waals surface area contributed by atoms with Gasteiger partial charge in [0, 0.05) is 0 Å². The molecule has 2 aromatic carbocycles. The molecule has 0 saturated heterocycles. The van der Waals surface area contributed by atoms with Crippen LogP contribution in [0.2, 0.25) is 0 Å². The van der Waals surface area contributed by atoms with Crippen LogP contribution in [0.3, 0.4) is 0 Å². The Morgan fingerprint density at radius 1 is 0.931 bits per heavy atom. The van der Waals surface area contributed by atoms with Gasteiger partial charge in [0.05, 0.1) is 0 Å². The van der Waals surface area contributed by atoms with E-state index in [0.29, 0.717) is 12.1 Å². The number of hydrogen-bond donors (Lipinski definition) is 0. The summed E-state index contributed by atoms with van der Waals surface area (Å²) in [6.45, 7) is 10.1. The van der Waals surface area contributed by atoms with Gasteiger partial charge in [-0.1, -0.05) is 0 Å². The molecule has 2 rings (SSSR count). The molecule has 0 spiro atoms. The molecule has 0 bridgehead atoms. The van der Waals surface area contributed by atoms with Gasteiger partial charge in [0.1, 0.15) is 0 Å². The van der Waals surface area contributed by atoms with Gasteiger partial charge >= 0.3 is 178 Å². The molecule has 0 saturated carbocycles. The third kappa shape index (κ3) is 7.85. The van der Waals surface area contributed by atoms with Crippen LogP contribution in [0.25, 0.3) is 0 Å². The molecule has 0 aliphatic carbocycles. The Morgan fingerprint density at radius 2 is 1.45 bits per heavy atom. The maximum atomic E-state index is 13.1. The van der Waals surface area contributed by atoms with Crippen LogP contribution in [-0.2, 0) is 20.3 Å². The molecule has 0 N–H and O–H groups in total. The van der Waals surface area contributed by atoms with E-state index in [9.17, 15) is 8.42 Å². The number of hydrogen-bond acceptors (Lipinski definition) is 3. The monoisotopic (exact) mass is 436 g/mol. The van der Waals surface area contributed by atoms with Crippen molar-refractivity contribution in [3.8, 4) is 0 Å². The summed E-state index contributed by atoms with van der Waals surface area (Å²) in [5, 5.41) is 0. The van der Waals surface area contributed by atoms with Crippen molar-refractivity contribution in [3.63, 3.8) is 0 Å². The van der Waals surface area contributed by atoms with Crippen LogP contribution in [0.1, 0.15) is 46.1 Å². The molecule has 0 radical (unpaired) electrons. The molecule has 0 aliphatic rings. The summed E-state index contributed by atoms with van der Waals surface area (Å²) >= 11 is 0. The third-order valence-electron chi connectivity index (χ3n) is 5.18. The van der Waals surface area contributed by atoms with Crippen LogP contribution in [0, 0.1) is 11.3 Å². The van der Waals surface area contributed by atoms with Crippen LogP contribution in [0.4, 0.5) is 0 Å².